The van der Waals surface area contributed by atoms with Crippen molar-refractivity contribution in [3.63, 3.8) is 0 Å². The van der Waals surface area contributed by atoms with E-state index in [-0.39, 0.29) is 57.6 Å². The third kappa shape index (κ3) is 5.06. The molecule has 1 saturated heterocycles. The van der Waals surface area contributed by atoms with Crippen molar-refractivity contribution in [1.82, 2.24) is 19.8 Å². The van der Waals surface area contributed by atoms with E-state index in [4.69, 9.17) is 11.6 Å². The van der Waals surface area contributed by atoms with E-state index >= 15 is 0 Å². The minimum atomic E-state index is -3.93. The summed E-state index contributed by atoms with van der Waals surface area (Å²) in [5, 5.41) is 11.0. The van der Waals surface area contributed by atoms with Crippen molar-refractivity contribution in [3.05, 3.63) is 64.5 Å². The molecule has 1 aromatic carbocycles. The number of piperazine rings is 1. The number of pyridine rings is 1. The predicted molar refractivity (Wildman–Crippen MR) is 162 cm³/mol. The Morgan fingerprint density at radius 2 is 2.00 bits per heavy atom. The molecule has 4 heterocycles. The van der Waals surface area contributed by atoms with E-state index in [2.05, 4.69) is 20.9 Å². The second kappa shape index (κ2) is 10.9. The number of thiazole rings is 1. The van der Waals surface area contributed by atoms with Gasteiger partial charge in [-0.05, 0) is 55.0 Å². The lowest BCUT2D eigenvalue weighted by molar-refractivity contribution is -0.130. The quantitative estimate of drug-likeness (QED) is 0.286. The monoisotopic (exact) mass is 620 g/mol. The molecule has 3 aromatic rings. The molecule has 3 N–H and O–H groups in total. The van der Waals surface area contributed by atoms with E-state index < -0.39 is 16.8 Å². The summed E-state index contributed by atoms with van der Waals surface area (Å²) in [5.41, 5.74) is 2.29. The van der Waals surface area contributed by atoms with Crippen LogP contribution in [0.2, 0.25) is 5.02 Å². The van der Waals surface area contributed by atoms with E-state index in [0.29, 0.717) is 29.3 Å². The van der Waals surface area contributed by atoms with Gasteiger partial charge in [0.05, 0.1) is 33.0 Å². The Morgan fingerprint density at radius 3 is 2.66 bits per heavy atom. The third-order valence-electron chi connectivity index (χ3n) is 7.09. The summed E-state index contributed by atoms with van der Waals surface area (Å²) in [4.78, 5) is 25.1. The van der Waals surface area contributed by atoms with Gasteiger partial charge in [-0.3, -0.25) is 13.9 Å². The van der Waals surface area contributed by atoms with Crippen molar-refractivity contribution in [3.8, 4) is 17.0 Å². The Hall–Kier alpha value is -3.23. The molecule has 2 atom stereocenters. The highest BCUT2D eigenvalue weighted by atomic mass is 35.5. The minimum Gasteiger partial charge on any atom is -0.507 e. The number of carbonyl (C=O) groups excluding carboxylic acids is 1. The highest BCUT2D eigenvalue weighted by Crippen LogP contribution is 2.59. The van der Waals surface area contributed by atoms with Gasteiger partial charge in [-0.2, -0.15) is 4.31 Å². The number of aromatic hydroxyl groups is 1. The fourth-order valence-electron chi connectivity index (χ4n) is 5.10. The van der Waals surface area contributed by atoms with Crippen molar-refractivity contribution in [2.75, 3.05) is 17.4 Å². The summed E-state index contributed by atoms with van der Waals surface area (Å²) in [7, 11) is -3.93. The van der Waals surface area contributed by atoms with Gasteiger partial charge in [-0.25, -0.2) is 14.4 Å². The zero-order chi connectivity index (χ0) is 29.8. The maximum Gasteiger partial charge on any atom is 0.246 e. The summed E-state index contributed by atoms with van der Waals surface area (Å²) in [6.45, 7) is 11.9. The van der Waals surface area contributed by atoms with Crippen LogP contribution in [0.3, 0.4) is 0 Å². The van der Waals surface area contributed by atoms with Gasteiger partial charge in [0, 0.05) is 25.2 Å². The Kier molecular flexibility index (Phi) is 7.76. The number of rotatable bonds is 4. The molecule has 41 heavy (non-hydrogen) atoms. The third-order valence-corrected chi connectivity index (χ3v) is 9.59. The molecule has 0 aliphatic carbocycles. The molecule has 2 aromatic heterocycles. The van der Waals surface area contributed by atoms with Crippen molar-refractivity contribution < 1.29 is 23.4 Å². The Labute approximate surface area is 248 Å². The molecule has 5 rings (SSSR count). The number of amidine groups is 1. The van der Waals surface area contributed by atoms with Gasteiger partial charge in [-0.1, -0.05) is 38.1 Å². The van der Waals surface area contributed by atoms with Crippen molar-refractivity contribution in [1.29, 1.82) is 0 Å². The maximum absolute atomic E-state index is 15.0. The second-order valence-corrected chi connectivity index (χ2v) is 13.0. The summed E-state index contributed by atoms with van der Waals surface area (Å²) in [6, 6.07) is 4.89. The molecule has 0 radical (unpaired) electrons. The fourth-order valence-corrected chi connectivity index (χ4v) is 7.84. The number of hydrogen-bond acceptors (Lipinski definition) is 10. The summed E-state index contributed by atoms with van der Waals surface area (Å²) >= 11 is 7.88. The van der Waals surface area contributed by atoms with Crippen LogP contribution in [0.4, 0.5) is 15.2 Å². The van der Waals surface area contributed by atoms with E-state index in [0.717, 1.165) is 0 Å². The zero-order valence-electron chi connectivity index (χ0n) is 22.8. The summed E-state index contributed by atoms with van der Waals surface area (Å²) < 4.78 is 43.9. The molecule has 2 aliphatic heterocycles. The number of benzene rings is 1. The molecule has 0 bridgehead atoms. The van der Waals surface area contributed by atoms with Gasteiger partial charge >= 0.3 is 0 Å². The van der Waals surface area contributed by atoms with Gasteiger partial charge in [0.1, 0.15) is 16.6 Å². The van der Waals surface area contributed by atoms with Crippen LogP contribution in [-0.2, 0) is 4.79 Å². The highest BCUT2D eigenvalue weighted by molar-refractivity contribution is 8.24. The largest absolute Gasteiger partial charge is 0.507 e. The van der Waals surface area contributed by atoms with Gasteiger partial charge in [0.2, 0.25) is 5.91 Å². The molecular weight excluding hydrogens is 591 g/mol. The molecular formula is C27H30ClFN6O4S2. The van der Waals surface area contributed by atoms with Crippen LogP contribution < -0.4 is 4.31 Å². The number of carbonyl (C=O) groups is 1. The molecule has 218 valence electrons. The molecule has 2 aliphatic rings. The van der Waals surface area contributed by atoms with E-state index in [1.54, 1.807) is 16.5 Å². The van der Waals surface area contributed by atoms with Gasteiger partial charge in [0.25, 0.3) is 0 Å². The average Bonchev–Trinajstić information content (AvgIpc) is 3.38. The van der Waals surface area contributed by atoms with Gasteiger partial charge in [-0.15, -0.1) is 15.7 Å². The van der Waals surface area contributed by atoms with Crippen molar-refractivity contribution in [2.45, 2.75) is 45.7 Å². The van der Waals surface area contributed by atoms with Crippen LogP contribution in [0.15, 0.2) is 46.8 Å². The average molecular weight is 621 g/mol. The number of anilines is 2. The predicted octanol–water partition coefficient (Wildman–Crippen LogP) is 6.41. The number of phenols is 1. The minimum absolute atomic E-state index is 0.0322. The number of nitrogens with zero attached hydrogens (tertiary/aromatic N) is 6. The molecule has 0 unspecified atom stereocenters. The molecule has 0 saturated carbocycles. The number of amides is 1. The van der Waals surface area contributed by atoms with Gasteiger partial charge < -0.3 is 14.9 Å². The smallest absolute Gasteiger partial charge is 0.246 e. The van der Waals surface area contributed by atoms with Gasteiger partial charge in [0.15, 0.2) is 11.7 Å². The van der Waals surface area contributed by atoms with Crippen LogP contribution >= 0.6 is 33.9 Å². The molecule has 10 nitrogen and oxygen atoms in total. The lowest BCUT2D eigenvalue weighted by Gasteiger charge is -2.49. The van der Waals surface area contributed by atoms with Crippen LogP contribution in [0, 0.1) is 5.82 Å². The molecule has 1 amide bonds. The number of aromatic nitrogens is 2. The maximum atomic E-state index is 15.0. The normalized spacial score (nSPS) is 21.0. The first kappa shape index (κ1) is 29.3. The first-order valence-corrected chi connectivity index (χ1v) is 15.6. The van der Waals surface area contributed by atoms with E-state index in [9.17, 15) is 23.4 Å². The van der Waals surface area contributed by atoms with Crippen molar-refractivity contribution >= 4 is 56.5 Å². The SMILES string of the molecule is C=CC(=O)N1C[C@H](C)N(C2=NS(O)(O)N(c3scnc3C(C)C)c3nc(-c4c(O)cccc4F)c(Cl)cc32)C[C@H]1C. The van der Waals surface area contributed by atoms with E-state index in [1.165, 1.54) is 39.9 Å². The Bertz CT molecular complexity index is 1540. The zero-order valence-corrected chi connectivity index (χ0v) is 25.2. The second-order valence-electron chi connectivity index (χ2n) is 10.3. The number of phenolic OH excluding ortho intramolecular Hbond substituents is 1. The topological polar surface area (TPSA) is 126 Å². The molecule has 1 fully saturated rings. The standard InChI is InChI=1S/C27H30ClFN6O4S2/c1-6-21(37)33-11-16(5)34(12-15(33)4)26-17-10-18(28)24(22-19(29)8-7-9-20(22)36)31-25(17)35(41(38,39)32-26)27-23(14(2)3)30-13-40-27/h6-10,13-16,36,38-39H,1,11-12H2,2-5H3/t15-,16+/m1/s1. The lowest BCUT2D eigenvalue weighted by atomic mass is 10.0. The van der Waals surface area contributed by atoms with Crippen LogP contribution in [0.25, 0.3) is 11.3 Å². The molecule has 0 spiro atoms. The first-order chi connectivity index (χ1) is 19.4. The summed E-state index contributed by atoms with van der Waals surface area (Å²) in [5.74, 6) is -1.07. The highest BCUT2D eigenvalue weighted by Gasteiger charge is 2.43. The molecule has 14 heteroatoms. The number of hydrogen-bond donors (Lipinski definition) is 3. The summed E-state index contributed by atoms with van der Waals surface area (Å²) in [6.07, 6.45) is 1.27. The Morgan fingerprint density at radius 1 is 1.27 bits per heavy atom. The van der Waals surface area contributed by atoms with Crippen LogP contribution in [0.1, 0.15) is 44.9 Å². The van der Waals surface area contributed by atoms with Crippen molar-refractivity contribution in [2.24, 2.45) is 4.40 Å². The van der Waals surface area contributed by atoms with Crippen LogP contribution in [0.5, 0.6) is 5.75 Å². The lowest BCUT2D eigenvalue weighted by Crippen LogP contribution is -2.59. The van der Waals surface area contributed by atoms with Crippen LogP contribution in [-0.4, -0.2) is 70.9 Å². The number of halogens is 2. The van der Waals surface area contributed by atoms with E-state index in [1.807, 2.05) is 32.6 Å². The Balaban J connectivity index is 1.73. The number of fused-ring (bicyclic) bond motifs is 1. The fraction of sp³-hybridized carbons (Fsp3) is 0.333. The first-order valence-electron chi connectivity index (χ1n) is 12.9.